The SMILES string of the molecule is Cc1ccc(C)c(S(=O)(=O)N2CC(=O)NC(=O)C2)c1. The van der Waals surface area contributed by atoms with Crippen LogP contribution >= 0.6 is 0 Å². The van der Waals surface area contributed by atoms with Crippen LogP contribution in [0.5, 0.6) is 0 Å². The molecule has 2 rings (SSSR count). The molecule has 0 unspecified atom stereocenters. The molecule has 0 atom stereocenters. The van der Waals surface area contributed by atoms with Crippen molar-refractivity contribution in [1.82, 2.24) is 9.62 Å². The first kappa shape index (κ1) is 13.7. The molecule has 1 heterocycles. The zero-order valence-electron chi connectivity index (χ0n) is 10.6. The predicted molar refractivity (Wildman–Crippen MR) is 67.8 cm³/mol. The number of nitrogens with zero attached hydrogens (tertiary/aromatic N) is 1. The summed E-state index contributed by atoms with van der Waals surface area (Å²) < 4.78 is 25.8. The Labute approximate surface area is 111 Å². The van der Waals surface area contributed by atoms with Crippen LogP contribution in [0.4, 0.5) is 0 Å². The third-order valence-electron chi connectivity index (χ3n) is 2.88. The molecule has 19 heavy (non-hydrogen) atoms. The van der Waals surface area contributed by atoms with E-state index in [9.17, 15) is 18.0 Å². The predicted octanol–water partition coefficient (Wildman–Crippen LogP) is -0.0495. The highest BCUT2D eigenvalue weighted by Gasteiger charge is 2.33. The van der Waals surface area contributed by atoms with Crippen molar-refractivity contribution >= 4 is 21.8 Å². The van der Waals surface area contributed by atoms with Gasteiger partial charge in [0, 0.05) is 0 Å². The normalized spacial score (nSPS) is 17.4. The maximum Gasteiger partial charge on any atom is 0.244 e. The molecule has 2 amide bonds. The first-order valence-electron chi connectivity index (χ1n) is 5.71. The third-order valence-corrected chi connectivity index (χ3v) is 4.81. The first-order valence-corrected chi connectivity index (χ1v) is 7.15. The topological polar surface area (TPSA) is 83.6 Å². The van der Waals surface area contributed by atoms with Crippen molar-refractivity contribution in [3.05, 3.63) is 29.3 Å². The molecule has 0 aliphatic carbocycles. The van der Waals surface area contributed by atoms with Gasteiger partial charge in [0.15, 0.2) is 0 Å². The minimum absolute atomic E-state index is 0.134. The third kappa shape index (κ3) is 2.66. The zero-order chi connectivity index (χ0) is 14.2. The van der Waals surface area contributed by atoms with E-state index in [1.165, 1.54) is 0 Å². The fourth-order valence-electron chi connectivity index (χ4n) is 1.91. The lowest BCUT2D eigenvalue weighted by Crippen LogP contribution is -2.53. The zero-order valence-corrected chi connectivity index (χ0v) is 11.5. The molecule has 0 saturated carbocycles. The van der Waals surface area contributed by atoms with E-state index in [4.69, 9.17) is 0 Å². The van der Waals surface area contributed by atoms with Crippen molar-refractivity contribution in [2.45, 2.75) is 18.7 Å². The molecule has 0 radical (unpaired) electrons. The van der Waals surface area contributed by atoms with E-state index in [0.29, 0.717) is 5.56 Å². The van der Waals surface area contributed by atoms with Crippen molar-refractivity contribution in [3.63, 3.8) is 0 Å². The van der Waals surface area contributed by atoms with Gasteiger partial charge >= 0.3 is 0 Å². The highest BCUT2D eigenvalue weighted by atomic mass is 32.2. The number of rotatable bonds is 2. The Kier molecular flexibility index (Phi) is 3.42. The van der Waals surface area contributed by atoms with Gasteiger partial charge in [-0.3, -0.25) is 14.9 Å². The van der Waals surface area contributed by atoms with Crippen LogP contribution in [0.25, 0.3) is 0 Å². The van der Waals surface area contributed by atoms with E-state index < -0.39 is 21.8 Å². The van der Waals surface area contributed by atoms with Gasteiger partial charge in [-0.25, -0.2) is 8.42 Å². The first-order chi connectivity index (χ1) is 8.80. The summed E-state index contributed by atoms with van der Waals surface area (Å²) in [6.07, 6.45) is 0. The Morgan fingerprint density at radius 3 is 2.26 bits per heavy atom. The molecular formula is C12H14N2O4S. The molecule has 1 aliphatic heterocycles. The van der Waals surface area contributed by atoms with Crippen LogP contribution in [0.3, 0.4) is 0 Å². The fraction of sp³-hybridized carbons (Fsp3) is 0.333. The van der Waals surface area contributed by atoms with Crippen molar-refractivity contribution in [3.8, 4) is 0 Å². The molecule has 1 aromatic rings. The van der Waals surface area contributed by atoms with E-state index in [-0.39, 0.29) is 18.0 Å². The molecule has 1 saturated heterocycles. The Morgan fingerprint density at radius 1 is 1.11 bits per heavy atom. The van der Waals surface area contributed by atoms with E-state index in [2.05, 4.69) is 5.32 Å². The van der Waals surface area contributed by atoms with E-state index >= 15 is 0 Å². The summed E-state index contributed by atoms with van der Waals surface area (Å²) in [7, 11) is -3.83. The van der Waals surface area contributed by atoms with Gasteiger partial charge in [-0.05, 0) is 31.0 Å². The average molecular weight is 282 g/mol. The van der Waals surface area contributed by atoms with Gasteiger partial charge < -0.3 is 0 Å². The largest absolute Gasteiger partial charge is 0.294 e. The van der Waals surface area contributed by atoms with Crippen molar-refractivity contribution in [1.29, 1.82) is 0 Å². The Bertz CT molecular complexity index is 636. The molecule has 1 aliphatic rings. The summed E-state index contributed by atoms with van der Waals surface area (Å²) >= 11 is 0. The lowest BCUT2D eigenvalue weighted by atomic mass is 10.2. The monoisotopic (exact) mass is 282 g/mol. The highest BCUT2D eigenvalue weighted by molar-refractivity contribution is 7.89. The average Bonchev–Trinajstić information content (AvgIpc) is 2.31. The standard InChI is InChI=1S/C12H14N2O4S/c1-8-3-4-9(2)10(5-8)19(17,18)14-6-11(15)13-12(16)7-14/h3-5H,6-7H2,1-2H3,(H,13,15,16). The van der Waals surface area contributed by atoms with Crippen LogP contribution in [0.2, 0.25) is 0 Å². The number of imide groups is 1. The number of carbonyl (C=O) groups excluding carboxylic acids is 2. The van der Waals surface area contributed by atoms with Crippen LogP contribution < -0.4 is 5.32 Å². The lowest BCUT2D eigenvalue weighted by Gasteiger charge is -2.25. The number of amides is 2. The van der Waals surface area contributed by atoms with E-state index in [1.54, 1.807) is 26.0 Å². The summed E-state index contributed by atoms with van der Waals surface area (Å²) in [4.78, 5) is 22.7. The number of benzene rings is 1. The Hall–Kier alpha value is -1.73. The van der Waals surface area contributed by atoms with Gasteiger partial charge in [-0.2, -0.15) is 4.31 Å². The molecule has 1 aromatic carbocycles. The van der Waals surface area contributed by atoms with Crippen molar-refractivity contribution < 1.29 is 18.0 Å². The summed E-state index contributed by atoms with van der Waals surface area (Å²) in [6.45, 7) is 2.80. The summed E-state index contributed by atoms with van der Waals surface area (Å²) in [5.74, 6) is -1.21. The van der Waals surface area contributed by atoms with Crippen molar-refractivity contribution in [2.24, 2.45) is 0 Å². The Balaban J connectivity index is 2.44. The molecule has 102 valence electrons. The molecular weight excluding hydrogens is 268 g/mol. The number of sulfonamides is 1. The summed E-state index contributed by atoms with van der Waals surface area (Å²) in [5.41, 5.74) is 1.39. The van der Waals surface area contributed by atoms with Gasteiger partial charge in [0.1, 0.15) is 0 Å². The van der Waals surface area contributed by atoms with Crippen LogP contribution in [-0.2, 0) is 19.6 Å². The van der Waals surface area contributed by atoms with Gasteiger partial charge in [0.05, 0.1) is 18.0 Å². The van der Waals surface area contributed by atoms with E-state index in [0.717, 1.165) is 9.87 Å². The summed E-state index contributed by atoms with van der Waals surface area (Å²) in [6, 6.07) is 5.05. The molecule has 1 fully saturated rings. The number of hydrogen-bond donors (Lipinski definition) is 1. The van der Waals surface area contributed by atoms with Gasteiger partial charge in [0.25, 0.3) is 0 Å². The smallest absolute Gasteiger partial charge is 0.244 e. The van der Waals surface area contributed by atoms with Crippen LogP contribution in [0.15, 0.2) is 23.1 Å². The second kappa shape index (κ2) is 4.75. The summed E-state index contributed by atoms with van der Waals surface area (Å²) in [5, 5.41) is 2.07. The fourth-order valence-corrected chi connectivity index (χ4v) is 3.57. The maximum atomic E-state index is 12.4. The molecule has 0 bridgehead atoms. The second-order valence-corrected chi connectivity index (χ2v) is 6.42. The molecule has 1 N–H and O–H groups in total. The highest BCUT2D eigenvalue weighted by Crippen LogP contribution is 2.21. The van der Waals surface area contributed by atoms with Gasteiger partial charge in [-0.1, -0.05) is 12.1 Å². The second-order valence-electron chi connectivity index (χ2n) is 4.51. The maximum absolute atomic E-state index is 12.4. The van der Waals surface area contributed by atoms with E-state index in [1.807, 2.05) is 6.07 Å². The number of carbonyl (C=O) groups is 2. The van der Waals surface area contributed by atoms with Crippen LogP contribution in [0, 0.1) is 13.8 Å². The molecule has 0 aromatic heterocycles. The Morgan fingerprint density at radius 2 is 1.68 bits per heavy atom. The molecule has 6 nitrogen and oxygen atoms in total. The van der Waals surface area contributed by atoms with Crippen LogP contribution in [0.1, 0.15) is 11.1 Å². The quantitative estimate of drug-likeness (QED) is 0.771. The lowest BCUT2D eigenvalue weighted by molar-refractivity contribution is -0.134. The number of nitrogens with one attached hydrogen (secondary N) is 1. The number of piperazine rings is 1. The number of aryl methyl sites for hydroxylation is 2. The van der Waals surface area contributed by atoms with Gasteiger partial charge in [0.2, 0.25) is 21.8 Å². The molecule has 7 heteroatoms. The van der Waals surface area contributed by atoms with Gasteiger partial charge in [-0.15, -0.1) is 0 Å². The minimum Gasteiger partial charge on any atom is -0.294 e. The van der Waals surface area contributed by atoms with Crippen LogP contribution in [-0.4, -0.2) is 37.6 Å². The number of hydrogen-bond acceptors (Lipinski definition) is 4. The minimum atomic E-state index is -3.83. The molecule has 0 spiro atoms. The van der Waals surface area contributed by atoms with Crippen molar-refractivity contribution in [2.75, 3.05) is 13.1 Å².